The van der Waals surface area contributed by atoms with Crippen molar-refractivity contribution in [2.24, 2.45) is 18.4 Å². The quantitative estimate of drug-likeness (QED) is 0.138. The van der Waals surface area contributed by atoms with E-state index in [-0.39, 0.29) is 5.41 Å². The normalized spacial score (nSPS) is 15.6. The van der Waals surface area contributed by atoms with Gasteiger partial charge in [-0.25, -0.2) is 4.57 Å². The van der Waals surface area contributed by atoms with Gasteiger partial charge in [-0.1, -0.05) is 76.8 Å². The lowest BCUT2D eigenvalue weighted by atomic mass is 9.88. The van der Waals surface area contributed by atoms with E-state index < -0.39 is 0 Å². The van der Waals surface area contributed by atoms with Crippen molar-refractivity contribution in [1.29, 1.82) is 0 Å². The predicted octanol–water partition coefficient (Wildman–Crippen LogP) is 8.44. The third kappa shape index (κ3) is 3.26. The molecule has 0 amide bonds. The third-order valence-electron chi connectivity index (χ3n) is 8.69. The summed E-state index contributed by atoms with van der Waals surface area (Å²) in [5.41, 5.74) is 10.0. The van der Waals surface area contributed by atoms with Crippen molar-refractivity contribution in [3.8, 4) is 0 Å². The average molecular weight is 474 g/mol. The van der Waals surface area contributed by atoms with Gasteiger partial charge in [-0.15, -0.1) is 0 Å². The Bertz CT molecular complexity index is 1790. The molecule has 1 aliphatic carbocycles. The van der Waals surface area contributed by atoms with Gasteiger partial charge in [0.1, 0.15) is 7.05 Å². The fourth-order valence-corrected chi connectivity index (χ4v) is 7.21. The maximum atomic E-state index is 2.62. The van der Waals surface area contributed by atoms with Gasteiger partial charge in [0, 0.05) is 16.8 Å². The van der Waals surface area contributed by atoms with E-state index in [1.807, 2.05) is 0 Å². The van der Waals surface area contributed by atoms with Crippen LogP contribution in [-0.2, 0) is 19.9 Å². The Hall–Kier alpha value is -3.13. The molecule has 0 spiro atoms. The molecule has 1 saturated carbocycles. The van der Waals surface area contributed by atoms with Crippen LogP contribution in [0.1, 0.15) is 63.1 Å². The Morgan fingerprint density at radius 1 is 0.861 bits per heavy atom. The maximum Gasteiger partial charge on any atom is 0.224 e. The van der Waals surface area contributed by atoms with E-state index in [2.05, 4.69) is 98.4 Å². The molecule has 1 fully saturated rings. The Balaban J connectivity index is 1.66. The summed E-state index contributed by atoms with van der Waals surface area (Å²) in [4.78, 5) is 0. The predicted molar refractivity (Wildman–Crippen MR) is 153 cm³/mol. The minimum atomic E-state index is 0.262. The van der Waals surface area contributed by atoms with Gasteiger partial charge in [-0.3, -0.25) is 0 Å². The highest BCUT2D eigenvalue weighted by molar-refractivity contribution is 6.25. The molecule has 182 valence electrons. The standard InChI is InChI=1S/C34H37N2/c1-21-10-12-27-26-13-11-23(20-34(2,3)4)18-28(26)36-29-19-24(16-22-8-6-7-9-22)17-25-14-15-35(5)33(31(25)29)30(21)32(27)36/h10-15,17-19,22H,6-9,16,20H2,1-5H3/q+1. The summed E-state index contributed by atoms with van der Waals surface area (Å²) in [7, 11) is 2.21. The highest BCUT2D eigenvalue weighted by Crippen LogP contribution is 2.42. The van der Waals surface area contributed by atoms with E-state index >= 15 is 0 Å². The number of aryl methyl sites for hydroxylation is 2. The molecule has 0 unspecified atom stereocenters. The molecule has 6 aromatic rings. The molecule has 36 heavy (non-hydrogen) atoms. The molecule has 7 rings (SSSR count). The molecular weight excluding hydrogens is 436 g/mol. The van der Waals surface area contributed by atoms with Crippen LogP contribution >= 0.6 is 0 Å². The average Bonchev–Trinajstić information content (AvgIpc) is 3.44. The van der Waals surface area contributed by atoms with Crippen molar-refractivity contribution < 1.29 is 4.57 Å². The molecule has 3 aromatic heterocycles. The highest BCUT2D eigenvalue weighted by atomic mass is 15.0. The topological polar surface area (TPSA) is 8.29 Å². The summed E-state index contributed by atoms with van der Waals surface area (Å²) in [6.45, 7) is 9.29. The minimum Gasteiger partial charge on any atom is -0.307 e. The van der Waals surface area contributed by atoms with Crippen LogP contribution in [0.4, 0.5) is 0 Å². The maximum absolute atomic E-state index is 2.62. The van der Waals surface area contributed by atoms with E-state index in [1.165, 1.54) is 97.8 Å². The number of fused-ring (bicyclic) bond motifs is 5. The molecule has 2 nitrogen and oxygen atoms in total. The van der Waals surface area contributed by atoms with E-state index in [4.69, 9.17) is 0 Å². The van der Waals surface area contributed by atoms with Gasteiger partial charge in [0.25, 0.3) is 0 Å². The first-order valence-corrected chi connectivity index (χ1v) is 13.8. The van der Waals surface area contributed by atoms with Gasteiger partial charge in [0.2, 0.25) is 5.52 Å². The van der Waals surface area contributed by atoms with Crippen molar-refractivity contribution in [2.45, 2.75) is 66.2 Å². The van der Waals surface area contributed by atoms with Crippen molar-refractivity contribution in [3.05, 3.63) is 71.4 Å². The smallest absolute Gasteiger partial charge is 0.224 e. The van der Waals surface area contributed by atoms with Crippen LogP contribution in [0, 0.1) is 18.3 Å². The lowest BCUT2D eigenvalue weighted by Crippen LogP contribution is -2.29. The molecule has 0 bridgehead atoms. The zero-order valence-corrected chi connectivity index (χ0v) is 22.4. The number of hydrogen-bond acceptors (Lipinski definition) is 0. The Labute approximate surface area is 213 Å². The molecule has 3 heterocycles. The lowest BCUT2D eigenvalue weighted by Gasteiger charge is -2.18. The summed E-state index contributed by atoms with van der Waals surface area (Å²) in [6, 6.07) is 19.2. The van der Waals surface area contributed by atoms with E-state index in [9.17, 15) is 0 Å². The number of rotatable bonds is 3. The van der Waals surface area contributed by atoms with Crippen LogP contribution in [0.5, 0.6) is 0 Å². The van der Waals surface area contributed by atoms with Crippen molar-refractivity contribution in [2.75, 3.05) is 0 Å². The van der Waals surface area contributed by atoms with Crippen LogP contribution in [-0.4, -0.2) is 4.40 Å². The van der Waals surface area contributed by atoms with Gasteiger partial charge >= 0.3 is 0 Å². The van der Waals surface area contributed by atoms with E-state index in [0.717, 1.165) is 12.3 Å². The van der Waals surface area contributed by atoms with Crippen LogP contribution in [0.3, 0.4) is 0 Å². The van der Waals surface area contributed by atoms with Crippen LogP contribution in [0.2, 0.25) is 0 Å². The first-order chi connectivity index (χ1) is 17.3. The summed E-state index contributed by atoms with van der Waals surface area (Å²) in [6.07, 6.45) is 10.1. The van der Waals surface area contributed by atoms with Crippen molar-refractivity contribution in [1.82, 2.24) is 4.40 Å². The van der Waals surface area contributed by atoms with Crippen LogP contribution < -0.4 is 4.57 Å². The summed E-state index contributed by atoms with van der Waals surface area (Å²) in [5, 5.41) is 6.91. The van der Waals surface area contributed by atoms with Gasteiger partial charge in [-0.05, 0) is 65.3 Å². The minimum absolute atomic E-state index is 0.262. The number of nitrogens with zero attached hydrogens (tertiary/aromatic N) is 2. The first kappa shape index (κ1) is 22.1. The second-order valence-electron chi connectivity index (χ2n) is 12.8. The monoisotopic (exact) mass is 473 g/mol. The van der Waals surface area contributed by atoms with E-state index in [1.54, 1.807) is 0 Å². The second-order valence-corrected chi connectivity index (χ2v) is 12.8. The summed E-state index contributed by atoms with van der Waals surface area (Å²) in [5.74, 6) is 0.840. The van der Waals surface area contributed by atoms with Crippen LogP contribution in [0.15, 0.2) is 54.7 Å². The zero-order valence-electron chi connectivity index (χ0n) is 22.4. The van der Waals surface area contributed by atoms with Gasteiger partial charge < -0.3 is 4.40 Å². The third-order valence-corrected chi connectivity index (χ3v) is 8.69. The lowest BCUT2D eigenvalue weighted by molar-refractivity contribution is -0.643. The number of hydrogen-bond donors (Lipinski definition) is 0. The number of benzene rings is 3. The molecule has 0 atom stereocenters. The molecule has 1 aliphatic rings. The SMILES string of the molecule is Cc1ccc2c3ccc(CC(C)(C)C)cc3n3c4cc(CC5CCCC5)cc5cc[n+](C)c(c1c23)c54. The molecule has 2 heteroatoms. The number of pyridine rings is 2. The van der Waals surface area contributed by atoms with Gasteiger partial charge in [-0.2, -0.15) is 0 Å². The fraction of sp³-hybridized carbons (Fsp3) is 0.382. The highest BCUT2D eigenvalue weighted by Gasteiger charge is 2.25. The zero-order chi connectivity index (χ0) is 24.8. The molecule has 0 aliphatic heterocycles. The van der Waals surface area contributed by atoms with Gasteiger partial charge in [0.05, 0.1) is 27.3 Å². The molecular formula is C34H37N2+. The molecule has 0 N–H and O–H groups in total. The second kappa shape index (κ2) is 7.68. The first-order valence-electron chi connectivity index (χ1n) is 13.8. The van der Waals surface area contributed by atoms with Crippen molar-refractivity contribution >= 4 is 49.0 Å². The van der Waals surface area contributed by atoms with Crippen LogP contribution in [0.25, 0.3) is 49.0 Å². The Morgan fingerprint density at radius 2 is 1.61 bits per heavy atom. The molecule has 0 saturated heterocycles. The largest absolute Gasteiger partial charge is 0.307 e. The summed E-state index contributed by atoms with van der Waals surface area (Å²) < 4.78 is 4.96. The number of aromatic nitrogens is 2. The molecule has 0 radical (unpaired) electrons. The van der Waals surface area contributed by atoms with Gasteiger partial charge in [0.15, 0.2) is 6.20 Å². The Morgan fingerprint density at radius 3 is 2.39 bits per heavy atom. The fourth-order valence-electron chi connectivity index (χ4n) is 7.21. The Kier molecular flexibility index (Phi) is 4.72. The molecule has 3 aromatic carbocycles. The van der Waals surface area contributed by atoms with Crippen molar-refractivity contribution in [3.63, 3.8) is 0 Å². The summed E-state index contributed by atoms with van der Waals surface area (Å²) >= 11 is 0. The van der Waals surface area contributed by atoms with E-state index in [0.29, 0.717) is 0 Å².